The van der Waals surface area contributed by atoms with Gasteiger partial charge in [0.15, 0.2) is 11.5 Å². The van der Waals surface area contributed by atoms with Gasteiger partial charge in [0.05, 0.1) is 11.8 Å². The molecule has 4 heterocycles. The maximum atomic E-state index is 12.7. The molecule has 1 aromatic carbocycles. The SMILES string of the molecule is Cc1nn(-c2ccc3nncn3n2)c2c1C(c1ccccc1OC(C)C)CC(=O)N2. The lowest BCUT2D eigenvalue weighted by molar-refractivity contribution is -0.116. The molecule has 3 aromatic heterocycles. The highest BCUT2D eigenvalue weighted by atomic mass is 16.5. The molecule has 1 amide bonds. The number of ether oxygens (including phenoxy) is 1. The van der Waals surface area contributed by atoms with Crippen LogP contribution in [0.25, 0.3) is 11.5 Å². The van der Waals surface area contributed by atoms with Crippen LogP contribution in [0.2, 0.25) is 0 Å². The first kappa shape index (κ1) is 18.3. The van der Waals surface area contributed by atoms with Crippen LogP contribution >= 0.6 is 0 Å². The van der Waals surface area contributed by atoms with E-state index < -0.39 is 0 Å². The minimum Gasteiger partial charge on any atom is -0.491 e. The number of hydrogen-bond acceptors (Lipinski definition) is 6. The summed E-state index contributed by atoms with van der Waals surface area (Å²) in [5.41, 5.74) is 3.42. The first-order chi connectivity index (χ1) is 14.5. The first-order valence-electron chi connectivity index (χ1n) is 9.83. The number of carbonyl (C=O) groups is 1. The third kappa shape index (κ3) is 2.99. The maximum absolute atomic E-state index is 12.7. The second-order valence-corrected chi connectivity index (χ2v) is 7.59. The van der Waals surface area contributed by atoms with Crippen molar-refractivity contribution in [3.63, 3.8) is 0 Å². The molecule has 0 saturated carbocycles. The lowest BCUT2D eigenvalue weighted by atomic mass is 9.85. The fourth-order valence-electron chi connectivity index (χ4n) is 3.94. The number of aromatic nitrogens is 6. The zero-order chi connectivity index (χ0) is 20.8. The predicted octanol–water partition coefficient (Wildman–Crippen LogP) is 2.88. The lowest BCUT2D eigenvalue weighted by Crippen LogP contribution is -2.25. The first-order valence-corrected chi connectivity index (χ1v) is 9.83. The van der Waals surface area contributed by atoms with Gasteiger partial charge in [0.25, 0.3) is 0 Å². The fraction of sp³-hybridized carbons (Fsp3) is 0.286. The van der Waals surface area contributed by atoms with E-state index in [-0.39, 0.29) is 17.9 Å². The maximum Gasteiger partial charge on any atom is 0.226 e. The van der Waals surface area contributed by atoms with E-state index in [0.717, 1.165) is 22.6 Å². The van der Waals surface area contributed by atoms with Crippen molar-refractivity contribution in [2.75, 3.05) is 5.32 Å². The number of para-hydroxylation sites is 1. The summed E-state index contributed by atoms with van der Waals surface area (Å²) < 4.78 is 9.27. The third-order valence-electron chi connectivity index (χ3n) is 5.12. The monoisotopic (exact) mass is 403 g/mol. The van der Waals surface area contributed by atoms with Crippen LogP contribution in [0.5, 0.6) is 5.75 Å². The van der Waals surface area contributed by atoms with Crippen LogP contribution in [0.15, 0.2) is 42.7 Å². The minimum atomic E-state index is -0.156. The molecule has 1 N–H and O–H groups in total. The van der Waals surface area contributed by atoms with E-state index in [0.29, 0.717) is 23.7 Å². The van der Waals surface area contributed by atoms with Gasteiger partial charge in [0, 0.05) is 23.5 Å². The Morgan fingerprint density at radius 3 is 2.83 bits per heavy atom. The van der Waals surface area contributed by atoms with Gasteiger partial charge in [0.1, 0.15) is 17.9 Å². The van der Waals surface area contributed by atoms with E-state index in [4.69, 9.17) is 9.84 Å². The highest BCUT2D eigenvalue weighted by Crippen LogP contribution is 2.43. The molecule has 0 radical (unpaired) electrons. The van der Waals surface area contributed by atoms with Gasteiger partial charge in [-0.05, 0) is 39.0 Å². The number of aryl methyl sites for hydroxylation is 1. The summed E-state index contributed by atoms with van der Waals surface area (Å²) in [6.07, 6.45) is 1.89. The van der Waals surface area contributed by atoms with Gasteiger partial charge in [-0.3, -0.25) is 4.79 Å². The van der Waals surface area contributed by atoms with Crippen LogP contribution in [-0.2, 0) is 4.79 Å². The molecule has 4 aromatic rings. The Bertz CT molecular complexity index is 1260. The Balaban J connectivity index is 1.65. The van der Waals surface area contributed by atoms with E-state index in [1.54, 1.807) is 9.20 Å². The number of rotatable bonds is 4. The summed E-state index contributed by atoms with van der Waals surface area (Å²) in [6, 6.07) is 11.5. The van der Waals surface area contributed by atoms with Gasteiger partial charge in [-0.2, -0.15) is 14.3 Å². The molecule has 152 valence electrons. The molecule has 0 spiro atoms. The number of hydrogen-bond donors (Lipinski definition) is 1. The molecule has 0 aliphatic carbocycles. The van der Waals surface area contributed by atoms with Gasteiger partial charge in [-0.25, -0.2) is 0 Å². The highest BCUT2D eigenvalue weighted by molar-refractivity contribution is 5.95. The fourth-order valence-corrected chi connectivity index (χ4v) is 3.94. The third-order valence-corrected chi connectivity index (χ3v) is 5.12. The van der Waals surface area contributed by atoms with Gasteiger partial charge in [-0.1, -0.05) is 18.2 Å². The van der Waals surface area contributed by atoms with E-state index in [2.05, 4.69) is 20.6 Å². The Hall–Kier alpha value is -3.75. The molecule has 0 fully saturated rings. The van der Waals surface area contributed by atoms with Gasteiger partial charge < -0.3 is 10.1 Å². The van der Waals surface area contributed by atoms with Gasteiger partial charge in [-0.15, -0.1) is 15.3 Å². The Labute approximate surface area is 172 Å². The second kappa shape index (κ2) is 6.94. The summed E-state index contributed by atoms with van der Waals surface area (Å²) >= 11 is 0. The molecule has 1 aliphatic rings. The van der Waals surface area contributed by atoms with Crippen LogP contribution in [-0.4, -0.2) is 41.6 Å². The summed E-state index contributed by atoms with van der Waals surface area (Å²) in [6.45, 7) is 5.93. The number of benzene rings is 1. The summed E-state index contributed by atoms with van der Waals surface area (Å²) in [5, 5.41) is 20.1. The number of anilines is 1. The molecule has 0 saturated heterocycles. The molecule has 5 rings (SSSR count). The van der Waals surface area contributed by atoms with Crippen molar-refractivity contribution in [3.8, 4) is 11.6 Å². The van der Waals surface area contributed by atoms with Crippen LogP contribution in [0, 0.1) is 6.92 Å². The van der Waals surface area contributed by atoms with Crippen LogP contribution in [0.1, 0.15) is 43.0 Å². The number of carbonyl (C=O) groups excluding carboxylic acids is 1. The van der Waals surface area contributed by atoms with Crippen LogP contribution in [0.4, 0.5) is 5.82 Å². The summed E-state index contributed by atoms with van der Waals surface area (Å²) in [4.78, 5) is 12.7. The van der Waals surface area contributed by atoms with Crippen LogP contribution in [0.3, 0.4) is 0 Å². The quantitative estimate of drug-likeness (QED) is 0.562. The minimum absolute atomic E-state index is 0.0339. The van der Waals surface area contributed by atoms with Crippen molar-refractivity contribution in [1.82, 2.24) is 29.6 Å². The largest absolute Gasteiger partial charge is 0.491 e. The number of fused-ring (bicyclic) bond motifs is 2. The van der Waals surface area contributed by atoms with Crippen molar-refractivity contribution in [2.24, 2.45) is 0 Å². The smallest absolute Gasteiger partial charge is 0.226 e. The predicted molar refractivity (Wildman–Crippen MR) is 110 cm³/mol. The number of amides is 1. The molecule has 9 heteroatoms. The van der Waals surface area contributed by atoms with Crippen molar-refractivity contribution in [3.05, 3.63) is 59.5 Å². The van der Waals surface area contributed by atoms with Gasteiger partial charge >= 0.3 is 0 Å². The van der Waals surface area contributed by atoms with E-state index >= 15 is 0 Å². The number of nitrogens with zero attached hydrogens (tertiary/aromatic N) is 6. The molecule has 1 aliphatic heterocycles. The molecule has 1 atom stereocenters. The van der Waals surface area contributed by atoms with Crippen LogP contribution < -0.4 is 10.1 Å². The molecular weight excluding hydrogens is 382 g/mol. The molecule has 9 nitrogen and oxygen atoms in total. The van der Waals surface area contributed by atoms with E-state index in [9.17, 15) is 4.79 Å². The van der Waals surface area contributed by atoms with Crippen molar-refractivity contribution >= 4 is 17.4 Å². The van der Waals surface area contributed by atoms with Crippen molar-refractivity contribution < 1.29 is 9.53 Å². The number of nitrogens with one attached hydrogen (secondary N) is 1. The molecular formula is C21H21N7O2. The standard InChI is InChI=1S/C21H21N7O2/c1-12(2)30-16-7-5-4-6-14(16)15-10-19(29)23-21-20(15)13(3)25-28(21)18-9-8-17-24-22-11-27(17)26-18/h4-9,11-12,15H,10H2,1-3H3,(H,23,29). The zero-order valence-electron chi connectivity index (χ0n) is 16.9. The Morgan fingerprint density at radius 2 is 2.00 bits per heavy atom. The Morgan fingerprint density at radius 1 is 1.17 bits per heavy atom. The second-order valence-electron chi connectivity index (χ2n) is 7.59. The average Bonchev–Trinajstić information content (AvgIpc) is 3.31. The summed E-state index contributed by atoms with van der Waals surface area (Å²) in [5.74, 6) is 1.76. The lowest BCUT2D eigenvalue weighted by Gasteiger charge is -2.26. The molecule has 1 unspecified atom stereocenters. The topological polar surface area (TPSA) is 99.2 Å². The van der Waals surface area contributed by atoms with E-state index in [1.807, 2.05) is 57.2 Å². The van der Waals surface area contributed by atoms with Crippen molar-refractivity contribution in [1.29, 1.82) is 0 Å². The Kier molecular flexibility index (Phi) is 4.23. The normalized spacial score (nSPS) is 16.0. The van der Waals surface area contributed by atoms with Crippen molar-refractivity contribution in [2.45, 2.75) is 39.2 Å². The highest BCUT2D eigenvalue weighted by Gasteiger charge is 2.34. The molecule has 0 bridgehead atoms. The average molecular weight is 403 g/mol. The zero-order valence-corrected chi connectivity index (χ0v) is 16.9. The van der Waals surface area contributed by atoms with E-state index in [1.165, 1.54) is 6.33 Å². The molecule has 30 heavy (non-hydrogen) atoms. The summed E-state index contributed by atoms with van der Waals surface area (Å²) in [7, 11) is 0. The van der Waals surface area contributed by atoms with Gasteiger partial charge in [0.2, 0.25) is 5.91 Å².